The van der Waals surface area contributed by atoms with Crippen LogP contribution in [0.4, 0.5) is 13.2 Å². The van der Waals surface area contributed by atoms with Crippen molar-refractivity contribution in [2.24, 2.45) is 0 Å². The molecule has 4 rings (SSSR count). The van der Waals surface area contributed by atoms with Crippen LogP contribution in [0.15, 0.2) is 60.1 Å². The van der Waals surface area contributed by atoms with Crippen LogP contribution >= 0.6 is 11.3 Å². The molecule has 0 spiro atoms. The lowest BCUT2D eigenvalue weighted by Crippen LogP contribution is -2.07. The molecule has 0 aliphatic rings. The minimum absolute atomic E-state index is 0.193. The van der Waals surface area contributed by atoms with Crippen LogP contribution in [0.2, 0.25) is 0 Å². The van der Waals surface area contributed by atoms with E-state index in [1.54, 1.807) is 35.8 Å². The highest BCUT2D eigenvalue weighted by Crippen LogP contribution is 2.32. The molecule has 0 fully saturated rings. The minimum atomic E-state index is -4.39. The van der Waals surface area contributed by atoms with Crippen molar-refractivity contribution in [2.75, 3.05) is 0 Å². The Kier molecular flexibility index (Phi) is 5.50. The van der Waals surface area contributed by atoms with E-state index in [-0.39, 0.29) is 5.56 Å². The van der Waals surface area contributed by atoms with Crippen LogP contribution in [-0.4, -0.2) is 19.7 Å². The SMILES string of the molecule is Cc1ccc(/C=C/c2nnc(-c3ccccn3)n2Cc2cccs2)cc1C(F)(F)F. The number of rotatable bonds is 5. The maximum absolute atomic E-state index is 13.2. The van der Waals surface area contributed by atoms with E-state index in [4.69, 9.17) is 0 Å². The maximum atomic E-state index is 13.2. The van der Waals surface area contributed by atoms with E-state index < -0.39 is 11.7 Å². The van der Waals surface area contributed by atoms with Crippen LogP contribution in [0, 0.1) is 6.92 Å². The summed E-state index contributed by atoms with van der Waals surface area (Å²) >= 11 is 1.61. The van der Waals surface area contributed by atoms with Crippen molar-refractivity contribution in [3.63, 3.8) is 0 Å². The quantitative estimate of drug-likeness (QED) is 0.396. The van der Waals surface area contributed by atoms with Gasteiger partial charge in [0.15, 0.2) is 11.6 Å². The normalized spacial score (nSPS) is 12.0. The Bertz CT molecular complexity index is 1160. The Morgan fingerprint density at radius 3 is 2.60 bits per heavy atom. The zero-order valence-corrected chi connectivity index (χ0v) is 16.8. The fourth-order valence-electron chi connectivity index (χ4n) is 3.06. The number of halogens is 3. The van der Waals surface area contributed by atoms with E-state index in [9.17, 15) is 13.2 Å². The number of hydrogen-bond donors (Lipinski definition) is 0. The van der Waals surface area contributed by atoms with Crippen molar-refractivity contribution in [2.45, 2.75) is 19.6 Å². The zero-order valence-electron chi connectivity index (χ0n) is 16.0. The van der Waals surface area contributed by atoms with Gasteiger partial charge < -0.3 is 4.57 Å². The first-order valence-corrected chi connectivity index (χ1v) is 10.0. The number of aromatic nitrogens is 4. The molecule has 0 radical (unpaired) electrons. The first kappa shape index (κ1) is 20.0. The summed E-state index contributed by atoms with van der Waals surface area (Å²) in [6.45, 7) is 1.99. The highest BCUT2D eigenvalue weighted by molar-refractivity contribution is 7.09. The average molecular weight is 426 g/mol. The summed E-state index contributed by atoms with van der Waals surface area (Å²) < 4.78 is 41.5. The van der Waals surface area contributed by atoms with Crippen molar-refractivity contribution in [1.82, 2.24) is 19.7 Å². The lowest BCUT2D eigenvalue weighted by Gasteiger charge is -2.10. The summed E-state index contributed by atoms with van der Waals surface area (Å²) in [5.41, 5.74) is 0.672. The molecular formula is C22H17F3N4S. The van der Waals surface area contributed by atoms with Crippen molar-refractivity contribution in [3.8, 4) is 11.5 Å². The van der Waals surface area contributed by atoms with Gasteiger partial charge in [0.1, 0.15) is 5.69 Å². The molecule has 4 aromatic rings. The lowest BCUT2D eigenvalue weighted by atomic mass is 10.0. The van der Waals surface area contributed by atoms with Crippen LogP contribution < -0.4 is 0 Å². The van der Waals surface area contributed by atoms with Gasteiger partial charge in [0.25, 0.3) is 0 Å². The van der Waals surface area contributed by atoms with Gasteiger partial charge in [0.05, 0.1) is 12.1 Å². The second-order valence-corrected chi connectivity index (χ2v) is 7.70. The number of hydrogen-bond acceptors (Lipinski definition) is 4. The number of aryl methyl sites for hydroxylation is 1. The highest BCUT2D eigenvalue weighted by Gasteiger charge is 2.32. The van der Waals surface area contributed by atoms with Gasteiger partial charge in [0.2, 0.25) is 0 Å². The van der Waals surface area contributed by atoms with Crippen molar-refractivity contribution < 1.29 is 13.2 Å². The fraction of sp³-hybridized carbons (Fsp3) is 0.136. The molecule has 0 atom stereocenters. The summed E-state index contributed by atoms with van der Waals surface area (Å²) in [6.07, 6.45) is 0.586. The van der Waals surface area contributed by atoms with Crippen LogP contribution in [0.3, 0.4) is 0 Å². The average Bonchev–Trinajstić information content (AvgIpc) is 3.38. The van der Waals surface area contributed by atoms with Gasteiger partial charge >= 0.3 is 6.18 Å². The summed E-state index contributed by atoms with van der Waals surface area (Å²) in [6, 6.07) is 13.8. The van der Waals surface area contributed by atoms with Crippen LogP contribution in [0.5, 0.6) is 0 Å². The molecule has 30 heavy (non-hydrogen) atoms. The Morgan fingerprint density at radius 2 is 1.90 bits per heavy atom. The Balaban J connectivity index is 1.72. The lowest BCUT2D eigenvalue weighted by molar-refractivity contribution is -0.138. The third kappa shape index (κ3) is 4.33. The summed E-state index contributed by atoms with van der Waals surface area (Å²) in [7, 11) is 0. The van der Waals surface area contributed by atoms with E-state index in [1.165, 1.54) is 13.0 Å². The first-order chi connectivity index (χ1) is 14.4. The maximum Gasteiger partial charge on any atom is 0.416 e. The van der Waals surface area contributed by atoms with Crippen LogP contribution in [0.1, 0.15) is 27.4 Å². The molecule has 0 saturated heterocycles. The Hall–Kier alpha value is -3.26. The van der Waals surface area contributed by atoms with E-state index in [0.29, 0.717) is 29.5 Å². The number of alkyl halides is 3. The molecule has 8 heteroatoms. The first-order valence-electron chi connectivity index (χ1n) is 9.15. The molecule has 4 nitrogen and oxygen atoms in total. The second kappa shape index (κ2) is 8.23. The number of benzene rings is 1. The highest BCUT2D eigenvalue weighted by atomic mass is 32.1. The summed E-state index contributed by atoms with van der Waals surface area (Å²) in [5, 5.41) is 10.5. The van der Waals surface area contributed by atoms with Gasteiger partial charge in [-0.1, -0.05) is 30.3 Å². The van der Waals surface area contributed by atoms with E-state index in [0.717, 1.165) is 10.9 Å². The molecule has 0 saturated carbocycles. The second-order valence-electron chi connectivity index (χ2n) is 6.67. The largest absolute Gasteiger partial charge is 0.416 e. The Morgan fingerprint density at radius 1 is 1.03 bits per heavy atom. The fourth-order valence-corrected chi connectivity index (χ4v) is 3.75. The molecule has 0 amide bonds. The van der Waals surface area contributed by atoms with Crippen molar-refractivity contribution in [3.05, 3.63) is 87.5 Å². The molecule has 152 valence electrons. The monoisotopic (exact) mass is 426 g/mol. The van der Waals surface area contributed by atoms with Gasteiger partial charge in [-0.25, -0.2) is 0 Å². The third-order valence-electron chi connectivity index (χ3n) is 4.56. The molecule has 3 heterocycles. The minimum Gasteiger partial charge on any atom is -0.301 e. The van der Waals surface area contributed by atoms with Crippen LogP contribution in [-0.2, 0) is 12.7 Å². The van der Waals surface area contributed by atoms with Crippen molar-refractivity contribution in [1.29, 1.82) is 0 Å². The van der Waals surface area contributed by atoms with Crippen LogP contribution in [0.25, 0.3) is 23.7 Å². The van der Waals surface area contributed by atoms with Crippen molar-refractivity contribution >= 4 is 23.5 Å². The van der Waals surface area contributed by atoms with Gasteiger partial charge in [0, 0.05) is 11.1 Å². The van der Waals surface area contributed by atoms with Gasteiger partial charge in [-0.15, -0.1) is 21.5 Å². The third-order valence-corrected chi connectivity index (χ3v) is 5.42. The van der Waals surface area contributed by atoms with E-state index in [2.05, 4.69) is 15.2 Å². The molecule has 0 bridgehead atoms. The van der Waals surface area contributed by atoms with E-state index >= 15 is 0 Å². The predicted molar refractivity (Wildman–Crippen MR) is 112 cm³/mol. The van der Waals surface area contributed by atoms with E-state index in [1.807, 2.05) is 40.3 Å². The smallest absolute Gasteiger partial charge is 0.301 e. The Labute approximate surface area is 175 Å². The molecule has 0 N–H and O–H groups in total. The number of thiophene rings is 1. The summed E-state index contributed by atoms with van der Waals surface area (Å²) in [4.78, 5) is 5.46. The number of pyridine rings is 1. The molecule has 0 aliphatic heterocycles. The molecule has 1 aromatic carbocycles. The van der Waals surface area contributed by atoms with Gasteiger partial charge in [-0.2, -0.15) is 13.2 Å². The predicted octanol–water partition coefficient (Wildman–Crippen LogP) is 5.95. The molecule has 0 aliphatic carbocycles. The molecular weight excluding hydrogens is 409 g/mol. The zero-order chi connectivity index (χ0) is 21.1. The molecule has 0 unspecified atom stereocenters. The number of nitrogens with zero attached hydrogens (tertiary/aromatic N) is 4. The summed E-state index contributed by atoms with van der Waals surface area (Å²) in [5.74, 6) is 1.14. The molecule has 3 aromatic heterocycles. The van der Waals surface area contributed by atoms with Gasteiger partial charge in [-0.3, -0.25) is 4.98 Å². The standard InChI is InChI=1S/C22H17F3N4S/c1-15-7-8-16(13-18(15)22(23,24)25)9-10-20-27-28-21(19-6-2-3-11-26-19)29(20)14-17-5-4-12-30-17/h2-13H,14H2,1H3/b10-9+. The topological polar surface area (TPSA) is 43.6 Å². The van der Waals surface area contributed by atoms with Gasteiger partial charge in [-0.05, 0) is 53.8 Å².